The molecular formula is C14H13N3O2. The van der Waals surface area contributed by atoms with Crippen LogP contribution in [0.5, 0.6) is 0 Å². The normalized spacial score (nSPS) is 16.6. The fourth-order valence-corrected chi connectivity index (χ4v) is 2.29. The number of rotatable bonds is 2. The van der Waals surface area contributed by atoms with Gasteiger partial charge < -0.3 is 9.73 Å². The maximum atomic E-state index is 12.1. The molecule has 0 saturated heterocycles. The molecule has 19 heavy (non-hydrogen) atoms. The summed E-state index contributed by atoms with van der Waals surface area (Å²) >= 11 is 0. The number of carbonyl (C=O) groups excluding carboxylic acids is 1. The van der Waals surface area contributed by atoms with Gasteiger partial charge in [-0.3, -0.25) is 4.79 Å². The van der Waals surface area contributed by atoms with E-state index in [0.717, 1.165) is 11.9 Å². The summed E-state index contributed by atoms with van der Waals surface area (Å²) in [6.07, 6.45) is 2.21. The molecule has 0 radical (unpaired) electrons. The van der Waals surface area contributed by atoms with Crippen molar-refractivity contribution >= 4 is 22.7 Å². The molecule has 1 fully saturated rings. The fraction of sp³-hybridized carbons (Fsp3) is 0.357. The molecule has 96 valence electrons. The first kappa shape index (κ1) is 11.7. The van der Waals surface area contributed by atoms with E-state index in [1.165, 1.54) is 0 Å². The summed E-state index contributed by atoms with van der Waals surface area (Å²) < 4.78 is 5.41. The Kier molecular flexibility index (Phi) is 2.53. The van der Waals surface area contributed by atoms with Crippen LogP contribution >= 0.6 is 0 Å². The molecule has 1 heterocycles. The van der Waals surface area contributed by atoms with Crippen molar-refractivity contribution < 1.29 is 9.21 Å². The van der Waals surface area contributed by atoms with Crippen LogP contribution in [0.4, 0.5) is 5.69 Å². The highest BCUT2D eigenvalue weighted by Crippen LogP contribution is 2.41. The van der Waals surface area contributed by atoms with E-state index >= 15 is 0 Å². The van der Waals surface area contributed by atoms with Gasteiger partial charge in [0, 0.05) is 18.7 Å². The summed E-state index contributed by atoms with van der Waals surface area (Å²) in [5.41, 5.74) is 1.19. The van der Waals surface area contributed by atoms with Crippen LogP contribution in [0.15, 0.2) is 22.6 Å². The lowest BCUT2D eigenvalue weighted by atomic mass is 9.69. The standard InChI is InChI=1S/C14H13N3O2/c1-9-16-11-4-3-10(7-12(11)19-9)17-13(18)14(8-15)5-2-6-14/h3-4,7H,2,5-6H2,1H3,(H,17,18). The van der Waals surface area contributed by atoms with Crippen molar-refractivity contribution in [3.05, 3.63) is 24.1 Å². The van der Waals surface area contributed by atoms with E-state index in [1.54, 1.807) is 25.1 Å². The Bertz CT molecular complexity index is 692. The first-order chi connectivity index (χ1) is 9.13. The lowest BCUT2D eigenvalue weighted by molar-refractivity contribution is -0.126. The van der Waals surface area contributed by atoms with E-state index in [2.05, 4.69) is 16.4 Å². The van der Waals surface area contributed by atoms with Gasteiger partial charge >= 0.3 is 0 Å². The van der Waals surface area contributed by atoms with Crippen LogP contribution in [0.25, 0.3) is 11.1 Å². The summed E-state index contributed by atoms with van der Waals surface area (Å²) in [7, 11) is 0. The number of hydrogen-bond acceptors (Lipinski definition) is 4. The minimum atomic E-state index is -0.841. The summed E-state index contributed by atoms with van der Waals surface area (Å²) in [6, 6.07) is 7.42. The third kappa shape index (κ3) is 1.85. The van der Waals surface area contributed by atoms with Crippen LogP contribution in [0.3, 0.4) is 0 Å². The Balaban J connectivity index is 1.85. The number of oxazole rings is 1. The highest BCUT2D eigenvalue weighted by molar-refractivity contribution is 5.98. The van der Waals surface area contributed by atoms with E-state index in [0.29, 0.717) is 30.0 Å². The monoisotopic (exact) mass is 255 g/mol. The number of fused-ring (bicyclic) bond motifs is 1. The highest BCUT2D eigenvalue weighted by atomic mass is 16.3. The average Bonchev–Trinajstić information content (AvgIpc) is 2.67. The van der Waals surface area contributed by atoms with Gasteiger partial charge in [0.05, 0.1) is 6.07 Å². The van der Waals surface area contributed by atoms with E-state index in [-0.39, 0.29) is 5.91 Å². The molecule has 1 N–H and O–H groups in total. The number of nitriles is 1. The average molecular weight is 255 g/mol. The number of amides is 1. The fourth-order valence-electron chi connectivity index (χ4n) is 2.29. The minimum Gasteiger partial charge on any atom is -0.441 e. The van der Waals surface area contributed by atoms with Crippen molar-refractivity contribution in [1.82, 2.24) is 4.98 Å². The predicted octanol–water partition coefficient (Wildman–Crippen LogP) is 2.77. The number of nitrogens with one attached hydrogen (secondary N) is 1. The summed E-state index contributed by atoms with van der Waals surface area (Å²) in [6.45, 7) is 1.78. The van der Waals surface area contributed by atoms with Crippen LogP contribution in [-0.4, -0.2) is 10.9 Å². The lowest BCUT2D eigenvalue weighted by Crippen LogP contribution is -2.40. The molecule has 1 aliphatic carbocycles. The van der Waals surface area contributed by atoms with Crippen LogP contribution in [0.2, 0.25) is 0 Å². The van der Waals surface area contributed by atoms with Crippen LogP contribution in [0, 0.1) is 23.7 Å². The zero-order chi connectivity index (χ0) is 13.5. The van der Waals surface area contributed by atoms with Crippen LogP contribution in [0.1, 0.15) is 25.2 Å². The molecule has 0 spiro atoms. The Morgan fingerprint density at radius 1 is 1.53 bits per heavy atom. The maximum Gasteiger partial charge on any atom is 0.244 e. The van der Waals surface area contributed by atoms with Crippen molar-refractivity contribution in [3.63, 3.8) is 0 Å². The minimum absolute atomic E-state index is 0.225. The Morgan fingerprint density at radius 3 is 2.95 bits per heavy atom. The molecule has 0 aliphatic heterocycles. The third-order valence-corrected chi connectivity index (χ3v) is 3.61. The van der Waals surface area contributed by atoms with E-state index in [4.69, 9.17) is 9.68 Å². The molecular weight excluding hydrogens is 242 g/mol. The summed E-state index contributed by atoms with van der Waals surface area (Å²) in [4.78, 5) is 16.3. The topological polar surface area (TPSA) is 78.9 Å². The number of carbonyl (C=O) groups is 1. The van der Waals surface area contributed by atoms with Crippen molar-refractivity contribution in [2.45, 2.75) is 26.2 Å². The van der Waals surface area contributed by atoms with E-state index in [9.17, 15) is 4.79 Å². The van der Waals surface area contributed by atoms with Crippen molar-refractivity contribution in [1.29, 1.82) is 5.26 Å². The first-order valence-corrected chi connectivity index (χ1v) is 6.23. The largest absolute Gasteiger partial charge is 0.441 e. The Morgan fingerprint density at radius 2 is 2.32 bits per heavy atom. The second kappa shape index (κ2) is 4.09. The molecule has 0 bridgehead atoms. The highest BCUT2D eigenvalue weighted by Gasteiger charge is 2.44. The summed E-state index contributed by atoms with van der Waals surface area (Å²) in [5.74, 6) is 0.364. The number of hydrogen-bond donors (Lipinski definition) is 1. The summed E-state index contributed by atoms with van der Waals surface area (Å²) in [5, 5.41) is 11.9. The Labute approximate surface area is 110 Å². The van der Waals surface area contributed by atoms with Gasteiger partial charge in [-0.15, -0.1) is 0 Å². The van der Waals surface area contributed by atoms with E-state index < -0.39 is 5.41 Å². The molecule has 3 rings (SSSR count). The smallest absolute Gasteiger partial charge is 0.244 e. The molecule has 2 aromatic rings. The molecule has 1 saturated carbocycles. The van der Waals surface area contributed by atoms with Gasteiger partial charge in [0.2, 0.25) is 5.91 Å². The molecule has 5 nitrogen and oxygen atoms in total. The molecule has 0 atom stereocenters. The van der Waals surface area contributed by atoms with Gasteiger partial charge in [-0.25, -0.2) is 4.98 Å². The maximum absolute atomic E-state index is 12.1. The van der Waals surface area contributed by atoms with Gasteiger partial charge in [-0.1, -0.05) is 0 Å². The first-order valence-electron chi connectivity index (χ1n) is 6.23. The number of anilines is 1. The zero-order valence-electron chi connectivity index (χ0n) is 10.6. The third-order valence-electron chi connectivity index (χ3n) is 3.61. The van der Waals surface area contributed by atoms with Crippen molar-refractivity contribution in [2.24, 2.45) is 5.41 Å². The van der Waals surface area contributed by atoms with Gasteiger partial charge in [0.25, 0.3) is 0 Å². The van der Waals surface area contributed by atoms with Crippen LogP contribution < -0.4 is 5.32 Å². The number of aromatic nitrogens is 1. The second-order valence-corrected chi connectivity index (χ2v) is 4.92. The quantitative estimate of drug-likeness (QED) is 0.894. The molecule has 0 unspecified atom stereocenters. The van der Waals surface area contributed by atoms with Gasteiger partial charge in [0.15, 0.2) is 11.5 Å². The van der Waals surface area contributed by atoms with Gasteiger partial charge in [-0.05, 0) is 31.4 Å². The van der Waals surface area contributed by atoms with Crippen molar-refractivity contribution in [2.75, 3.05) is 5.32 Å². The number of aryl methyl sites for hydroxylation is 1. The molecule has 1 aromatic heterocycles. The Hall–Kier alpha value is -2.35. The number of nitrogens with zero attached hydrogens (tertiary/aromatic N) is 2. The molecule has 5 heteroatoms. The zero-order valence-corrected chi connectivity index (χ0v) is 10.6. The van der Waals surface area contributed by atoms with Crippen LogP contribution in [-0.2, 0) is 4.79 Å². The second-order valence-electron chi connectivity index (χ2n) is 4.92. The predicted molar refractivity (Wildman–Crippen MR) is 69.3 cm³/mol. The van der Waals surface area contributed by atoms with Gasteiger partial charge in [-0.2, -0.15) is 5.26 Å². The SMILES string of the molecule is Cc1nc2ccc(NC(=O)C3(C#N)CCC3)cc2o1. The number of benzene rings is 1. The van der Waals surface area contributed by atoms with Crippen molar-refractivity contribution in [3.8, 4) is 6.07 Å². The molecule has 1 aliphatic rings. The van der Waals surface area contributed by atoms with Gasteiger partial charge in [0.1, 0.15) is 10.9 Å². The molecule has 1 amide bonds. The van der Waals surface area contributed by atoms with E-state index in [1.807, 2.05) is 0 Å². The lowest BCUT2D eigenvalue weighted by Gasteiger charge is -2.33. The molecule has 1 aromatic carbocycles.